The average molecular weight is 633 g/mol. The van der Waals surface area contributed by atoms with E-state index in [9.17, 15) is 0 Å². The molecule has 0 saturated carbocycles. The van der Waals surface area contributed by atoms with Crippen LogP contribution in [0.1, 0.15) is 40.3 Å². The van der Waals surface area contributed by atoms with Crippen LogP contribution in [-0.4, -0.2) is 7.11 Å². The van der Waals surface area contributed by atoms with Crippen LogP contribution in [0.3, 0.4) is 0 Å². The highest BCUT2D eigenvalue weighted by molar-refractivity contribution is 5.96. The third kappa shape index (κ3) is 6.89. The van der Waals surface area contributed by atoms with E-state index in [4.69, 9.17) is 4.74 Å². The number of benzene rings is 5. The molecule has 5 aromatic carbocycles. The van der Waals surface area contributed by atoms with E-state index in [1.165, 1.54) is 72.0 Å². The van der Waals surface area contributed by atoms with Gasteiger partial charge in [0.15, 0.2) is 0 Å². The minimum absolute atomic E-state index is 0.184. The highest BCUT2D eigenvalue weighted by Crippen LogP contribution is 2.43. The molecule has 5 aromatic rings. The molecule has 7 rings (SSSR count). The molecular formula is C48H40O. The molecule has 0 fully saturated rings. The monoisotopic (exact) mass is 632 g/mol. The lowest BCUT2D eigenvalue weighted by molar-refractivity contribution is 0.307. The predicted octanol–water partition coefficient (Wildman–Crippen LogP) is 12.1. The van der Waals surface area contributed by atoms with Crippen LogP contribution in [0.25, 0.3) is 28.0 Å². The molecule has 2 aliphatic rings. The number of methoxy groups -OCH3 is 1. The Labute approximate surface area is 290 Å². The fourth-order valence-corrected chi connectivity index (χ4v) is 6.86. The second-order valence-electron chi connectivity index (χ2n) is 12.6. The molecule has 1 nitrogen and oxygen atoms in total. The van der Waals surface area contributed by atoms with Gasteiger partial charge < -0.3 is 4.74 Å². The van der Waals surface area contributed by atoms with Gasteiger partial charge in [-0.25, -0.2) is 0 Å². The van der Waals surface area contributed by atoms with Crippen molar-refractivity contribution in [3.63, 3.8) is 0 Å². The minimum atomic E-state index is 0.184. The summed E-state index contributed by atoms with van der Waals surface area (Å²) in [5, 5.41) is 2.51. The molecule has 0 saturated heterocycles. The van der Waals surface area contributed by atoms with Crippen molar-refractivity contribution in [3.8, 4) is 0 Å². The Morgan fingerprint density at radius 3 is 2.24 bits per heavy atom. The van der Waals surface area contributed by atoms with E-state index in [-0.39, 0.29) is 5.92 Å². The topological polar surface area (TPSA) is 9.23 Å². The fourth-order valence-electron chi connectivity index (χ4n) is 6.86. The maximum Gasteiger partial charge on any atom is 0.118 e. The van der Waals surface area contributed by atoms with Crippen molar-refractivity contribution < 1.29 is 4.74 Å². The Bertz CT molecular complexity index is 2230. The lowest BCUT2D eigenvalue weighted by atomic mass is 9.85. The van der Waals surface area contributed by atoms with Gasteiger partial charge in [0.05, 0.1) is 7.11 Å². The molecule has 0 heterocycles. The molecule has 1 heteroatoms. The van der Waals surface area contributed by atoms with Crippen molar-refractivity contribution in [1.29, 1.82) is 0 Å². The quantitative estimate of drug-likeness (QED) is 0.116. The summed E-state index contributed by atoms with van der Waals surface area (Å²) < 4.78 is 5.45. The minimum Gasteiger partial charge on any atom is -0.497 e. The Hall–Kier alpha value is -5.92. The van der Waals surface area contributed by atoms with E-state index in [1.807, 2.05) is 6.08 Å². The zero-order valence-corrected chi connectivity index (χ0v) is 28.1. The van der Waals surface area contributed by atoms with Crippen molar-refractivity contribution in [2.45, 2.75) is 13.3 Å². The van der Waals surface area contributed by atoms with Crippen LogP contribution in [0, 0.1) is 5.92 Å². The maximum absolute atomic E-state index is 5.45. The van der Waals surface area contributed by atoms with Gasteiger partial charge in [0.25, 0.3) is 0 Å². The highest BCUT2D eigenvalue weighted by Gasteiger charge is 2.25. The van der Waals surface area contributed by atoms with E-state index in [0.29, 0.717) is 0 Å². The van der Waals surface area contributed by atoms with Crippen molar-refractivity contribution in [2.24, 2.45) is 5.92 Å². The maximum atomic E-state index is 5.45. The molecule has 49 heavy (non-hydrogen) atoms. The van der Waals surface area contributed by atoms with Gasteiger partial charge in [-0.3, -0.25) is 0 Å². The third-order valence-electron chi connectivity index (χ3n) is 9.46. The lowest BCUT2D eigenvalue weighted by Gasteiger charge is -2.18. The van der Waals surface area contributed by atoms with Gasteiger partial charge in [0.2, 0.25) is 0 Å². The van der Waals surface area contributed by atoms with Crippen molar-refractivity contribution in [1.82, 2.24) is 0 Å². The Morgan fingerprint density at radius 2 is 1.47 bits per heavy atom. The molecule has 1 atom stereocenters. The summed E-state index contributed by atoms with van der Waals surface area (Å²) in [5.74, 6) is 0.922. The first-order chi connectivity index (χ1) is 24.1. The second kappa shape index (κ2) is 14.5. The number of hydrogen-bond acceptors (Lipinski definition) is 1. The smallest absolute Gasteiger partial charge is 0.118 e. The number of fused-ring (bicyclic) bond motifs is 3. The van der Waals surface area contributed by atoms with Crippen LogP contribution in [0.2, 0.25) is 0 Å². The summed E-state index contributed by atoms with van der Waals surface area (Å²) in [4.78, 5) is 0. The van der Waals surface area contributed by atoms with Crippen molar-refractivity contribution >= 4 is 28.0 Å². The average Bonchev–Trinajstić information content (AvgIpc) is 3.30. The van der Waals surface area contributed by atoms with Gasteiger partial charge in [-0.2, -0.15) is 0 Å². The van der Waals surface area contributed by atoms with E-state index in [2.05, 4.69) is 177 Å². The molecular weight excluding hydrogens is 593 g/mol. The van der Waals surface area contributed by atoms with Crippen molar-refractivity contribution in [3.05, 3.63) is 232 Å². The van der Waals surface area contributed by atoms with Gasteiger partial charge in [-0.15, -0.1) is 0 Å². The molecule has 0 aromatic heterocycles. The van der Waals surface area contributed by atoms with Crippen LogP contribution in [0.4, 0.5) is 0 Å². The van der Waals surface area contributed by atoms with Crippen LogP contribution >= 0.6 is 0 Å². The van der Waals surface area contributed by atoms with E-state index >= 15 is 0 Å². The Balaban J connectivity index is 1.27. The zero-order chi connectivity index (χ0) is 33.6. The zero-order valence-electron chi connectivity index (χ0n) is 28.1. The number of ether oxygens (including phenoxy) is 1. The van der Waals surface area contributed by atoms with Crippen LogP contribution < -0.4 is 0 Å². The Morgan fingerprint density at radius 1 is 0.735 bits per heavy atom. The van der Waals surface area contributed by atoms with E-state index in [1.54, 1.807) is 13.2 Å². The summed E-state index contributed by atoms with van der Waals surface area (Å²) in [6.07, 6.45) is 20.3. The number of hydrogen-bond donors (Lipinski definition) is 0. The first-order valence-corrected chi connectivity index (χ1v) is 16.9. The highest BCUT2D eigenvalue weighted by atomic mass is 16.5. The number of rotatable bonds is 9. The van der Waals surface area contributed by atoms with E-state index in [0.717, 1.165) is 12.2 Å². The van der Waals surface area contributed by atoms with Gasteiger partial charge >= 0.3 is 0 Å². The summed E-state index contributed by atoms with van der Waals surface area (Å²) in [5.41, 5.74) is 13.7. The molecule has 0 amide bonds. The second-order valence-corrected chi connectivity index (χ2v) is 12.6. The summed E-state index contributed by atoms with van der Waals surface area (Å²) in [7, 11) is 1.67. The molecule has 0 N–H and O–H groups in total. The lowest BCUT2D eigenvalue weighted by Crippen LogP contribution is -2.02. The summed E-state index contributed by atoms with van der Waals surface area (Å²) in [6.45, 7) is 6.05. The molecule has 2 aliphatic carbocycles. The molecule has 238 valence electrons. The fraction of sp³-hybridized carbons (Fsp3) is 0.0833. The Kier molecular flexibility index (Phi) is 9.34. The first-order valence-electron chi connectivity index (χ1n) is 16.9. The van der Waals surface area contributed by atoms with Gasteiger partial charge in [-0.1, -0.05) is 170 Å². The van der Waals surface area contributed by atoms with Crippen molar-refractivity contribution in [2.75, 3.05) is 7.11 Å². The third-order valence-corrected chi connectivity index (χ3v) is 9.46. The largest absolute Gasteiger partial charge is 0.497 e. The summed E-state index contributed by atoms with van der Waals surface area (Å²) >= 11 is 0. The predicted molar refractivity (Wildman–Crippen MR) is 209 cm³/mol. The van der Waals surface area contributed by atoms with Gasteiger partial charge in [0.1, 0.15) is 5.76 Å². The normalized spacial score (nSPS) is 16.2. The number of allylic oxidation sites excluding steroid dienone is 11. The van der Waals surface area contributed by atoms with Gasteiger partial charge in [-0.05, 0) is 97.5 Å². The molecule has 0 radical (unpaired) electrons. The summed E-state index contributed by atoms with van der Waals surface area (Å²) in [6, 6.07) is 44.0. The van der Waals surface area contributed by atoms with Gasteiger partial charge in [0, 0.05) is 5.92 Å². The van der Waals surface area contributed by atoms with E-state index < -0.39 is 0 Å². The standard InChI is InChI=1S/C48H40O/c1-4-43(49-3)29-22-34(2)42(32-36-25-26-37-14-8-9-17-40(37)31-36)30-35-23-27-38(28-24-35)47-33-41-18-10-11-19-44(41)48(39-15-6-5-7-16-39)46-21-13-12-20-45(46)47/h4-31,33,41H,1,32H2,2-3H3/b34-22+,42-30+,43-29+. The van der Waals surface area contributed by atoms with Crippen LogP contribution in [0.5, 0.6) is 0 Å². The molecule has 0 spiro atoms. The SMILES string of the molecule is C=C\C(=C/C=C(C)/C(=C/c1ccc(C2=CC3C=CC=CC3=C(c3ccccc3)c3ccccc32)cc1)Cc1ccc2ccccc2c1)OC. The first kappa shape index (κ1) is 31.7. The molecule has 1 unspecified atom stereocenters. The molecule has 0 bridgehead atoms. The van der Waals surface area contributed by atoms with Crippen LogP contribution in [-0.2, 0) is 11.2 Å². The molecule has 0 aliphatic heterocycles. The van der Waals surface area contributed by atoms with Crippen LogP contribution in [0.15, 0.2) is 199 Å².